The molecule has 0 radical (unpaired) electrons. The third-order valence-electron chi connectivity index (χ3n) is 3.62. The number of ether oxygens (including phenoxy) is 1. The van der Waals surface area contributed by atoms with Gasteiger partial charge in [-0.3, -0.25) is 4.98 Å². The van der Waals surface area contributed by atoms with E-state index in [1.165, 1.54) is 24.9 Å². The Morgan fingerprint density at radius 1 is 1.00 bits per heavy atom. The van der Waals surface area contributed by atoms with Gasteiger partial charge in [-0.1, -0.05) is 29.5 Å². The van der Waals surface area contributed by atoms with Crippen molar-refractivity contribution in [2.45, 2.75) is 26.4 Å². The first-order valence-corrected chi connectivity index (χ1v) is 8.93. The highest BCUT2D eigenvalue weighted by atomic mass is 35.5. The van der Waals surface area contributed by atoms with E-state index in [4.69, 9.17) is 16.3 Å². The van der Waals surface area contributed by atoms with E-state index in [-0.39, 0.29) is 5.41 Å². The lowest BCUT2D eigenvalue weighted by Crippen LogP contribution is -2.27. The van der Waals surface area contributed by atoms with Crippen LogP contribution < -0.4 is 4.74 Å². The average molecular weight is 395 g/mol. The summed E-state index contributed by atoms with van der Waals surface area (Å²) in [5.41, 5.74) is -1.18. The zero-order valence-corrected chi connectivity index (χ0v) is 16.5. The van der Waals surface area contributed by atoms with Crippen molar-refractivity contribution in [1.82, 2.24) is 19.9 Å². The molecule has 0 fully saturated rings. The van der Waals surface area contributed by atoms with Gasteiger partial charge in [0, 0.05) is 29.4 Å². The zero-order chi connectivity index (χ0) is 20.2. The molecule has 3 aromatic rings. The van der Waals surface area contributed by atoms with Crippen LogP contribution in [-0.4, -0.2) is 25.0 Å². The summed E-state index contributed by atoms with van der Waals surface area (Å²) >= 11 is 5.87. The number of hydrogen-bond donors (Lipinski definition) is 1. The number of aliphatic hydroxyl groups is 1. The van der Waals surface area contributed by atoms with Gasteiger partial charge in [0.2, 0.25) is 5.88 Å². The number of rotatable bonds is 4. The van der Waals surface area contributed by atoms with Gasteiger partial charge >= 0.3 is 0 Å². The molecule has 0 aliphatic heterocycles. The van der Waals surface area contributed by atoms with Gasteiger partial charge in [0.15, 0.2) is 5.60 Å². The summed E-state index contributed by atoms with van der Waals surface area (Å²) in [7, 11) is 0. The summed E-state index contributed by atoms with van der Waals surface area (Å²) in [4.78, 5) is 16.4. The van der Waals surface area contributed by atoms with E-state index < -0.39 is 5.60 Å². The van der Waals surface area contributed by atoms with E-state index >= 15 is 0 Å². The van der Waals surface area contributed by atoms with Gasteiger partial charge in [-0.2, -0.15) is 0 Å². The van der Waals surface area contributed by atoms with Crippen molar-refractivity contribution in [2.75, 3.05) is 0 Å². The molecule has 0 saturated carbocycles. The Kier molecular flexibility index (Phi) is 5.59. The number of halogens is 1. The molecular weight excluding hydrogens is 376 g/mol. The van der Waals surface area contributed by atoms with Gasteiger partial charge in [-0.25, -0.2) is 15.0 Å². The lowest BCUT2D eigenvalue weighted by Gasteiger charge is -2.22. The normalized spacial score (nSPS) is 13.2. The fraction of sp³-hybridized carbons (Fsp3) is 0.238. The van der Waals surface area contributed by atoms with Gasteiger partial charge in [-0.05, 0) is 39.0 Å². The summed E-state index contributed by atoms with van der Waals surface area (Å²) < 4.78 is 5.65. The molecule has 0 aromatic carbocycles. The van der Waals surface area contributed by atoms with E-state index in [0.29, 0.717) is 28.0 Å². The molecule has 7 heteroatoms. The summed E-state index contributed by atoms with van der Waals surface area (Å²) in [6.07, 6.45) is 5.92. The first-order chi connectivity index (χ1) is 13.3. The van der Waals surface area contributed by atoms with Gasteiger partial charge in [-0.15, -0.1) is 0 Å². The Balaban J connectivity index is 1.95. The minimum absolute atomic E-state index is 0.301. The molecule has 3 aromatic heterocycles. The van der Waals surface area contributed by atoms with Crippen molar-refractivity contribution in [3.8, 4) is 23.5 Å². The first-order valence-electron chi connectivity index (χ1n) is 8.55. The number of hydrogen-bond acceptors (Lipinski definition) is 6. The molecule has 6 nitrogen and oxygen atoms in total. The maximum absolute atomic E-state index is 11.3. The fourth-order valence-corrected chi connectivity index (χ4v) is 2.43. The minimum Gasteiger partial charge on any atom is -0.437 e. The summed E-state index contributed by atoms with van der Waals surface area (Å²) in [5.74, 6) is 6.81. The number of aromatic nitrogens is 4. The van der Waals surface area contributed by atoms with Crippen LogP contribution in [0.1, 0.15) is 32.0 Å². The van der Waals surface area contributed by atoms with Gasteiger partial charge in [0.1, 0.15) is 17.2 Å². The molecule has 0 aliphatic carbocycles. The average Bonchev–Trinajstić information content (AvgIpc) is 2.67. The largest absolute Gasteiger partial charge is 0.437 e. The predicted molar refractivity (Wildman–Crippen MR) is 106 cm³/mol. The summed E-state index contributed by atoms with van der Waals surface area (Å²) in [6, 6.07) is 8.41. The third-order valence-corrected chi connectivity index (χ3v) is 3.83. The molecule has 3 heterocycles. The first kappa shape index (κ1) is 19.7. The van der Waals surface area contributed by atoms with E-state index in [1.54, 1.807) is 30.3 Å². The second kappa shape index (κ2) is 7.93. The number of pyridine rings is 2. The molecule has 1 N–H and O–H groups in total. The Bertz CT molecular complexity index is 1010. The van der Waals surface area contributed by atoms with Crippen LogP contribution in [0.25, 0.3) is 0 Å². The highest BCUT2D eigenvalue weighted by molar-refractivity contribution is 6.29. The van der Waals surface area contributed by atoms with Crippen molar-refractivity contribution < 1.29 is 9.84 Å². The maximum Gasteiger partial charge on any atom is 0.220 e. The zero-order valence-electron chi connectivity index (χ0n) is 15.7. The maximum atomic E-state index is 11.3. The molecule has 1 unspecified atom stereocenters. The van der Waals surface area contributed by atoms with Gasteiger partial charge in [0.25, 0.3) is 0 Å². The fourth-order valence-electron chi connectivity index (χ4n) is 2.27. The molecule has 0 amide bonds. The second-order valence-electron chi connectivity index (χ2n) is 7.12. The van der Waals surface area contributed by atoms with Crippen LogP contribution in [0, 0.1) is 17.3 Å². The lowest BCUT2D eigenvalue weighted by molar-refractivity contribution is 0.139. The van der Waals surface area contributed by atoms with Gasteiger partial charge < -0.3 is 9.84 Å². The van der Waals surface area contributed by atoms with Gasteiger partial charge in [0.05, 0.1) is 11.9 Å². The highest BCUT2D eigenvalue weighted by Gasteiger charge is 2.32. The van der Waals surface area contributed by atoms with Crippen molar-refractivity contribution >= 4 is 11.6 Å². The topological polar surface area (TPSA) is 81.0 Å². The Hall–Kier alpha value is -3.01. The van der Waals surface area contributed by atoms with E-state index in [2.05, 4.69) is 31.8 Å². The van der Waals surface area contributed by atoms with Crippen LogP contribution in [0.5, 0.6) is 11.6 Å². The molecule has 28 heavy (non-hydrogen) atoms. The van der Waals surface area contributed by atoms with E-state index in [0.717, 1.165) is 0 Å². The molecular formula is C21H19ClN4O2. The lowest BCUT2D eigenvalue weighted by atomic mass is 9.89. The molecule has 0 saturated heterocycles. The predicted octanol–water partition coefficient (Wildman–Crippen LogP) is 4.00. The summed E-state index contributed by atoms with van der Waals surface area (Å²) in [5, 5.41) is 11.7. The Morgan fingerprint density at radius 3 is 2.36 bits per heavy atom. The van der Waals surface area contributed by atoms with Crippen molar-refractivity contribution in [2.24, 2.45) is 5.41 Å². The van der Waals surface area contributed by atoms with Crippen LogP contribution in [0.15, 0.2) is 55.2 Å². The molecule has 0 bridgehead atoms. The van der Waals surface area contributed by atoms with Crippen LogP contribution in [-0.2, 0) is 5.60 Å². The van der Waals surface area contributed by atoms with Crippen LogP contribution in [0.4, 0.5) is 0 Å². The highest BCUT2D eigenvalue weighted by Crippen LogP contribution is 2.29. The smallest absolute Gasteiger partial charge is 0.220 e. The monoisotopic (exact) mass is 394 g/mol. The van der Waals surface area contributed by atoms with E-state index in [1.807, 2.05) is 20.8 Å². The van der Waals surface area contributed by atoms with Crippen molar-refractivity contribution in [3.05, 3.63) is 71.7 Å². The van der Waals surface area contributed by atoms with E-state index in [9.17, 15) is 5.11 Å². The quantitative estimate of drug-likeness (QED) is 0.532. The van der Waals surface area contributed by atoms with Crippen LogP contribution in [0.3, 0.4) is 0 Å². The Labute approximate surface area is 168 Å². The molecule has 0 spiro atoms. The molecule has 1 atom stereocenters. The number of nitrogens with zero attached hydrogens (tertiary/aromatic N) is 4. The second-order valence-corrected chi connectivity index (χ2v) is 7.50. The Morgan fingerprint density at radius 2 is 1.75 bits per heavy atom. The standard InChI is InChI=1S/C21H19ClN4O2/c1-20(2,3)9-10-21(27,15-11-23-14-24-12-15)17-8-7-16(13-25-17)28-19-6-4-5-18(22)26-19/h4-8,11-14,27H,1-3H3. The SMILES string of the molecule is CC(C)(C)C#CC(O)(c1cncnc1)c1ccc(Oc2cccc(Cl)n2)cn1. The minimum atomic E-state index is -1.65. The molecule has 142 valence electrons. The van der Waals surface area contributed by atoms with Crippen LogP contribution in [0.2, 0.25) is 5.15 Å². The van der Waals surface area contributed by atoms with Crippen molar-refractivity contribution in [1.29, 1.82) is 0 Å². The summed E-state index contributed by atoms with van der Waals surface area (Å²) in [6.45, 7) is 5.89. The molecule has 3 rings (SSSR count). The third kappa shape index (κ3) is 4.83. The van der Waals surface area contributed by atoms with Crippen LogP contribution >= 0.6 is 11.6 Å². The molecule has 0 aliphatic rings. The van der Waals surface area contributed by atoms with Crippen molar-refractivity contribution in [3.63, 3.8) is 0 Å².